The highest BCUT2D eigenvalue weighted by Gasteiger charge is 2.26. The highest BCUT2D eigenvalue weighted by molar-refractivity contribution is 5.66. The molecule has 1 rings (SSSR count). The Kier molecular flexibility index (Phi) is 4.68. The lowest BCUT2D eigenvalue weighted by molar-refractivity contribution is -0.153. The zero-order valence-electron chi connectivity index (χ0n) is 9.88. The quantitative estimate of drug-likeness (QED) is 0.414. The van der Waals surface area contributed by atoms with Crippen LogP contribution >= 0.6 is 0 Å². The van der Waals surface area contributed by atoms with E-state index in [1.807, 2.05) is 26.0 Å². The van der Waals surface area contributed by atoms with E-state index in [1.165, 1.54) is 6.92 Å². The summed E-state index contributed by atoms with van der Waals surface area (Å²) in [4.78, 5) is 21.3. The van der Waals surface area contributed by atoms with E-state index in [2.05, 4.69) is 0 Å². The van der Waals surface area contributed by atoms with E-state index in [-0.39, 0.29) is 30.2 Å². The molecular formula is C12H18O4. The van der Waals surface area contributed by atoms with Gasteiger partial charge in [-0.1, -0.05) is 13.0 Å². The van der Waals surface area contributed by atoms with E-state index in [0.29, 0.717) is 6.42 Å². The predicted molar refractivity (Wildman–Crippen MR) is 58.9 cm³/mol. The number of carbonyl (C=O) groups excluding carboxylic acids is 2. The van der Waals surface area contributed by atoms with Crippen LogP contribution in [0.15, 0.2) is 12.2 Å². The lowest BCUT2D eigenvalue weighted by Crippen LogP contribution is -2.36. The van der Waals surface area contributed by atoms with Gasteiger partial charge in [-0.3, -0.25) is 4.79 Å². The SMILES string of the molecule is CC(=O)O[C@@H]1C=C[C@H](C[C@@H](C)C=O)O[C@H]1C. The monoisotopic (exact) mass is 226 g/mol. The van der Waals surface area contributed by atoms with Crippen molar-refractivity contribution in [2.45, 2.75) is 45.5 Å². The summed E-state index contributed by atoms with van der Waals surface area (Å²) < 4.78 is 10.7. The Balaban J connectivity index is 2.52. The minimum Gasteiger partial charge on any atom is -0.456 e. The number of hydrogen-bond acceptors (Lipinski definition) is 4. The predicted octanol–water partition coefficient (Wildman–Crippen LogP) is 1.49. The topological polar surface area (TPSA) is 52.6 Å². The largest absolute Gasteiger partial charge is 0.456 e. The molecule has 0 fully saturated rings. The molecule has 0 aromatic heterocycles. The van der Waals surface area contributed by atoms with Crippen molar-refractivity contribution in [3.8, 4) is 0 Å². The third-order valence-electron chi connectivity index (χ3n) is 2.51. The van der Waals surface area contributed by atoms with Gasteiger partial charge in [0.25, 0.3) is 0 Å². The van der Waals surface area contributed by atoms with Gasteiger partial charge < -0.3 is 14.3 Å². The summed E-state index contributed by atoms with van der Waals surface area (Å²) in [5.74, 6) is -0.336. The fraction of sp³-hybridized carbons (Fsp3) is 0.667. The van der Waals surface area contributed by atoms with Crippen molar-refractivity contribution in [3.63, 3.8) is 0 Å². The van der Waals surface area contributed by atoms with Crippen LogP contribution in [-0.4, -0.2) is 30.6 Å². The van der Waals surface area contributed by atoms with Crippen molar-refractivity contribution in [1.82, 2.24) is 0 Å². The number of esters is 1. The molecule has 0 aliphatic carbocycles. The molecule has 0 saturated heterocycles. The van der Waals surface area contributed by atoms with Gasteiger partial charge in [0.1, 0.15) is 12.4 Å². The van der Waals surface area contributed by atoms with Gasteiger partial charge in [0.2, 0.25) is 0 Å². The average Bonchev–Trinajstić information content (AvgIpc) is 2.21. The van der Waals surface area contributed by atoms with Crippen LogP contribution in [0.25, 0.3) is 0 Å². The lowest BCUT2D eigenvalue weighted by Gasteiger charge is -2.30. The highest BCUT2D eigenvalue weighted by atomic mass is 16.6. The van der Waals surface area contributed by atoms with Gasteiger partial charge in [0.05, 0.1) is 12.2 Å². The molecular weight excluding hydrogens is 208 g/mol. The van der Waals surface area contributed by atoms with Crippen LogP contribution in [0.1, 0.15) is 27.2 Å². The van der Waals surface area contributed by atoms with Crippen molar-refractivity contribution in [3.05, 3.63) is 12.2 Å². The van der Waals surface area contributed by atoms with E-state index >= 15 is 0 Å². The molecule has 0 aromatic rings. The highest BCUT2D eigenvalue weighted by Crippen LogP contribution is 2.20. The summed E-state index contributed by atoms with van der Waals surface area (Å²) >= 11 is 0. The van der Waals surface area contributed by atoms with Gasteiger partial charge in [-0.15, -0.1) is 0 Å². The van der Waals surface area contributed by atoms with Gasteiger partial charge in [-0.05, 0) is 19.4 Å². The van der Waals surface area contributed by atoms with E-state index in [0.717, 1.165) is 6.29 Å². The van der Waals surface area contributed by atoms with Crippen molar-refractivity contribution in [2.24, 2.45) is 5.92 Å². The first-order valence-corrected chi connectivity index (χ1v) is 5.49. The van der Waals surface area contributed by atoms with Crippen LogP contribution in [0, 0.1) is 5.92 Å². The molecule has 4 atom stereocenters. The van der Waals surface area contributed by atoms with Gasteiger partial charge in [0, 0.05) is 12.8 Å². The second-order valence-electron chi connectivity index (χ2n) is 4.19. The zero-order chi connectivity index (χ0) is 12.1. The summed E-state index contributed by atoms with van der Waals surface area (Å²) in [6.45, 7) is 5.09. The molecule has 0 N–H and O–H groups in total. The number of carbonyl (C=O) groups is 2. The normalized spacial score (nSPS) is 30.8. The molecule has 4 heteroatoms. The molecule has 0 bridgehead atoms. The summed E-state index contributed by atoms with van der Waals surface area (Å²) in [5, 5.41) is 0. The van der Waals surface area contributed by atoms with Crippen LogP contribution in [0.4, 0.5) is 0 Å². The number of hydrogen-bond donors (Lipinski definition) is 0. The van der Waals surface area contributed by atoms with Crippen molar-refractivity contribution < 1.29 is 19.1 Å². The standard InChI is InChI=1S/C12H18O4/c1-8(7-13)6-11-4-5-12(9(2)15-11)16-10(3)14/h4-5,7-9,11-12H,6H2,1-3H3/t8-,9+,11-,12-/m1/s1. The number of ether oxygens (including phenoxy) is 2. The molecule has 1 aliphatic heterocycles. The van der Waals surface area contributed by atoms with Gasteiger partial charge in [-0.25, -0.2) is 0 Å². The third-order valence-corrected chi connectivity index (χ3v) is 2.51. The molecule has 0 radical (unpaired) electrons. The van der Waals surface area contributed by atoms with E-state index in [4.69, 9.17) is 9.47 Å². The van der Waals surface area contributed by atoms with Crippen LogP contribution in [0.3, 0.4) is 0 Å². The molecule has 4 nitrogen and oxygen atoms in total. The van der Waals surface area contributed by atoms with Crippen LogP contribution in [0.5, 0.6) is 0 Å². The first kappa shape index (κ1) is 12.9. The molecule has 0 unspecified atom stereocenters. The minimum atomic E-state index is -0.319. The molecule has 0 amide bonds. The van der Waals surface area contributed by atoms with E-state index < -0.39 is 0 Å². The Morgan fingerprint density at radius 3 is 2.75 bits per heavy atom. The number of rotatable bonds is 4. The van der Waals surface area contributed by atoms with Crippen molar-refractivity contribution >= 4 is 12.3 Å². The maximum Gasteiger partial charge on any atom is 0.303 e. The Morgan fingerprint density at radius 1 is 1.56 bits per heavy atom. The average molecular weight is 226 g/mol. The third kappa shape index (κ3) is 3.77. The van der Waals surface area contributed by atoms with Crippen molar-refractivity contribution in [1.29, 1.82) is 0 Å². The van der Waals surface area contributed by atoms with Crippen LogP contribution in [-0.2, 0) is 19.1 Å². The van der Waals surface area contributed by atoms with Gasteiger partial charge >= 0.3 is 5.97 Å². The first-order chi connectivity index (χ1) is 7.52. The number of aldehydes is 1. The summed E-state index contributed by atoms with van der Waals surface area (Å²) in [5.41, 5.74) is 0. The molecule has 16 heavy (non-hydrogen) atoms. The fourth-order valence-corrected chi connectivity index (χ4v) is 1.67. The lowest BCUT2D eigenvalue weighted by atomic mass is 10.0. The first-order valence-electron chi connectivity index (χ1n) is 5.49. The molecule has 0 aromatic carbocycles. The molecule has 90 valence electrons. The Labute approximate surface area is 95.6 Å². The molecule has 1 aliphatic rings. The minimum absolute atomic E-state index is 0.0212. The maximum atomic E-state index is 10.8. The van der Waals surface area contributed by atoms with E-state index in [1.54, 1.807) is 0 Å². The summed E-state index contributed by atoms with van der Waals surface area (Å²) in [6.07, 6.45) is 4.71. The Morgan fingerprint density at radius 2 is 2.25 bits per heavy atom. The van der Waals surface area contributed by atoms with Gasteiger partial charge in [0.15, 0.2) is 0 Å². The Bertz CT molecular complexity index is 285. The zero-order valence-corrected chi connectivity index (χ0v) is 9.88. The summed E-state index contributed by atoms with van der Waals surface area (Å²) in [7, 11) is 0. The van der Waals surface area contributed by atoms with E-state index in [9.17, 15) is 9.59 Å². The maximum absolute atomic E-state index is 10.8. The second-order valence-corrected chi connectivity index (χ2v) is 4.19. The Hall–Kier alpha value is -1.16. The van der Waals surface area contributed by atoms with Crippen LogP contribution < -0.4 is 0 Å². The summed E-state index contributed by atoms with van der Waals surface area (Å²) in [6, 6.07) is 0. The molecule has 0 spiro atoms. The van der Waals surface area contributed by atoms with Crippen LogP contribution in [0.2, 0.25) is 0 Å². The fourth-order valence-electron chi connectivity index (χ4n) is 1.67. The van der Waals surface area contributed by atoms with Crippen molar-refractivity contribution in [2.75, 3.05) is 0 Å². The second kappa shape index (κ2) is 5.80. The molecule has 1 heterocycles. The van der Waals surface area contributed by atoms with Gasteiger partial charge in [-0.2, -0.15) is 0 Å². The smallest absolute Gasteiger partial charge is 0.303 e. The molecule has 0 saturated carbocycles.